The molecule has 2 aliphatic heterocycles. The van der Waals surface area contributed by atoms with Crippen molar-refractivity contribution in [2.24, 2.45) is 10.8 Å². The van der Waals surface area contributed by atoms with Crippen molar-refractivity contribution in [3.8, 4) is 23.0 Å². The predicted octanol–water partition coefficient (Wildman–Crippen LogP) is 5.29. The fourth-order valence-electron chi connectivity index (χ4n) is 6.36. The number of ether oxygens (including phenoxy) is 7. The highest BCUT2D eigenvalue weighted by Gasteiger charge is 2.69. The molecule has 0 bridgehead atoms. The van der Waals surface area contributed by atoms with Crippen LogP contribution in [0, 0.1) is 10.8 Å². The number of hydrogen-bond acceptors (Lipinski definition) is 9. The zero-order chi connectivity index (χ0) is 27.8. The van der Waals surface area contributed by atoms with Crippen LogP contribution in [0.1, 0.15) is 75.2 Å². The summed E-state index contributed by atoms with van der Waals surface area (Å²) < 4.78 is 40.4. The monoisotopic (exact) mass is 540 g/mol. The van der Waals surface area contributed by atoms with Gasteiger partial charge in [-0.05, 0) is 49.6 Å². The Kier molecular flexibility index (Phi) is 7.37. The molecule has 9 nitrogen and oxygen atoms in total. The Morgan fingerprint density at radius 2 is 1.51 bits per heavy atom. The molecule has 9 heteroatoms. The normalized spacial score (nSPS) is 26.2. The van der Waals surface area contributed by atoms with Crippen LogP contribution in [0.4, 0.5) is 0 Å². The van der Waals surface area contributed by atoms with Crippen LogP contribution < -0.4 is 18.9 Å². The second-order valence-corrected chi connectivity index (χ2v) is 10.5. The predicted molar refractivity (Wildman–Crippen MR) is 140 cm³/mol. The number of rotatable bonds is 9. The minimum absolute atomic E-state index is 0.0470. The van der Waals surface area contributed by atoms with Crippen molar-refractivity contribution in [1.29, 1.82) is 0 Å². The van der Waals surface area contributed by atoms with Gasteiger partial charge in [-0.1, -0.05) is 38.3 Å². The van der Waals surface area contributed by atoms with Crippen LogP contribution in [0.2, 0.25) is 0 Å². The number of hydrogen-bond donors (Lipinski definition) is 0. The first-order chi connectivity index (χ1) is 18.8. The molecule has 2 aromatic carbocycles. The number of benzene rings is 2. The lowest BCUT2D eigenvalue weighted by atomic mass is 9.48. The van der Waals surface area contributed by atoms with E-state index in [-0.39, 0.29) is 13.6 Å². The van der Waals surface area contributed by atoms with Gasteiger partial charge in [0.05, 0.1) is 25.7 Å². The van der Waals surface area contributed by atoms with Crippen molar-refractivity contribution < 1.29 is 42.7 Å². The van der Waals surface area contributed by atoms with E-state index in [1.54, 1.807) is 19.9 Å². The summed E-state index contributed by atoms with van der Waals surface area (Å²) in [6.07, 6.45) is 3.18. The van der Waals surface area contributed by atoms with Crippen LogP contribution in [0.25, 0.3) is 0 Å². The molecule has 0 saturated carbocycles. The zero-order valence-corrected chi connectivity index (χ0v) is 23.2. The van der Waals surface area contributed by atoms with Gasteiger partial charge in [0.15, 0.2) is 23.0 Å². The second-order valence-electron chi connectivity index (χ2n) is 10.5. The van der Waals surface area contributed by atoms with Crippen LogP contribution >= 0.6 is 0 Å². The number of esters is 2. The van der Waals surface area contributed by atoms with E-state index in [4.69, 9.17) is 33.2 Å². The SMILES string of the molecule is CCCCCCOC1c2ccc3c(c2C(c2ccc4c(c2)OCO4)C(C)(C(=O)OC)C1(C)C(=O)OC)OCO3. The Hall–Kier alpha value is -3.46. The molecule has 210 valence electrons. The molecule has 0 radical (unpaired) electrons. The minimum Gasteiger partial charge on any atom is -0.469 e. The Balaban J connectivity index is 1.77. The van der Waals surface area contributed by atoms with Crippen LogP contribution in [0.5, 0.6) is 23.0 Å². The Labute approximate surface area is 228 Å². The number of carbonyl (C=O) groups is 2. The highest BCUT2D eigenvalue weighted by Crippen LogP contribution is 2.67. The summed E-state index contributed by atoms with van der Waals surface area (Å²) in [6.45, 7) is 6.20. The maximum Gasteiger partial charge on any atom is 0.315 e. The highest BCUT2D eigenvalue weighted by atomic mass is 16.7. The van der Waals surface area contributed by atoms with Crippen LogP contribution in [-0.2, 0) is 23.8 Å². The third kappa shape index (κ3) is 4.09. The third-order valence-corrected chi connectivity index (χ3v) is 8.59. The molecule has 3 aliphatic rings. The summed E-state index contributed by atoms with van der Waals surface area (Å²) in [5.74, 6) is 0.418. The van der Waals surface area contributed by atoms with Crippen molar-refractivity contribution in [1.82, 2.24) is 0 Å². The first-order valence-corrected chi connectivity index (χ1v) is 13.4. The van der Waals surface area contributed by atoms with Gasteiger partial charge in [-0.3, -0.25) is 9.59 Å². The van der Waals surface area contributed by atoms with Gasteiger partial charge in [0.2, 0.25) is 13.6 Å². The van der Waals surface area contributed by atoms with Gasteiger partial charge in [0.25, 0.3) is 0 Å². The zero-order valence-electron chi connectivity index (χ0n) is 23.2. The standard InChI is InChI=1S/C30H36O9/c1-6-7-8-9-14-35-26-19-11-13-21-25(39-17-37-21)23(19)24(18-10-12-20-22(15-18)38-16-36-20)29(2,27(31)33-4)30(26,3)28(32)34-5/h10-13,15,24,26H,6-9,14,16-17H2,1-5H3. The van der Waals surface area contributed by atoms with Gasteiger partial charge in [-0.15, -0.1) is 0 Å². The quantitative estimate of drug-likeness (QED) is 0.310. The smallest absolute Gasteiger partial charge is 0.315 e. The van der Waals surface area contributed by atoms with E-state index in [2.05, 4.69) is 6.92 Å². The van der Waals surface area contributed by atoms with E-state index in [0.29, 0.717) is 29.6 Å². The highest BCUT2D eigenvalue weighted by molar-refractivity contribution is 5.92. The molecular formula is C30H36O9. The molecule has 0 N–H and O–H groups in total. The van der Waals surface area contributed by atoms with E-state index in [9.17, 15) is 9.59 Å². The molecule has 1 aliphatic carbocycles. The van der Waals surface area contributed by atoms with E-state index in [1.165, 1.54) is 14.2 Å². The minimum atomic E-state index is -1.48. The molecule has 4 atom stereocenters. The average Bonchev–Trinajstić information content (AvgIpc) is 3.63. The van der Waals surface area contributed by atoms with Crippen LogP contribution in [-0.4, -0.2) is 46.4 Å². The van der Waals surface area contributed by atoms with E-state index in [0.717, 1.165) is 42.4 Å². The van der Waals surface area contributed by atoms with Gasteiger partial charge >= 0.3 is 11.9 Å². The Morgan fingerprint density at radius 3 is 2.26 bits per heavy atom. The number of carbonyl (C=O) groups excluding carboxylic acids is 2. The summed E-state index contributed by atoms with van der Waals surface area (Å²) in [7, 11) is 2.65. The lowest BCUT2D eigenvalue weighted by molar-refractivity contribution is -0.197. The molecule has 0 amide bonds. The molecule has 39 heavy (non-hydrogen) atoms. The first kappa shape index (κ1) is 27.1. The third-order valence-electron chi connectivity index (χ3n) is 8.59. The summed E-state index contributed by atoms with van der Waals surface area (Å²) in [6, 6.07) is 9.25. The summed E-state index contributed by atoms with van der Waals surface area (Å²) in [4.78, 5) is 27.9. The summed E-state index contributed by atoms with van der Waals surface area (Å²) >= 11 is 0. The number of unbranched alkanes of at least 4 members (excludes halogenated alkanes) is 3. The summed E-state index contributed by atoms with van der Waals surface area (Å²) in [5, 5.41) is 0. The molecule has 0 saturated heterocycles. The van der Waals surface area contributed by atoms with E-state index in [1.807, 2.05) is 24.3 Å². The van der Waals surface area contributed by atoms with Gasteiger partial charge in [-0.2, -0.15) is 0 Å². The van der Waals surface area contributed by atoms with Crippen LogP contribution in [0.15, 0.2) is 30.3 Å². The van der Waals surface area contributed by atoms with E-state index < -0.39 is 34.8 Å². The molecule has 2 heterocycles. The largest absolute Gasteiger partial charge is 0.469 e. The Bertz CT molecular complexity index is 1260. The van der Waals surface area contributed by atoms with Crippen molar-refractivity contribution in [2.75, 3.05) is 34.4 Å². The second kappa shape index (κ2) is 10.6. The Morgan fingerprint density at radius 1 is 0.846 bits per heavy atom. The van der Waals surface area contributed by atoms with E-state index >= 15 is 0 Å². The number of methoxy groups -OCH3 is 2. The number of fused-ring (bicyclic) bond motifs is 4. The molecule has 0 fully saturated rings. The summed E-state index contributed by atoms with van der Waals surface area (Å²) in [5.41, 5.74) is -0.760. The van der Waals surface area contributed by atoms with Crippen LogP contribution in [0.3, 0.4) is 0 Å². The van der Waals surface area contributed by atoms with Crippen molar-refractivity contribution in [3.63, 3.8) is 0 Å². The van der Waals surface area contributed by atoms with Gasteiger partial charge in [-0.25, -0.2) is 0 Å². The molecule has 0 spiro atoms. The fourth-order valence-corrected chi connectivity index (χ4v) is 6.36. The molecular weight excluding hydrogens is 504 g/mol. The lowest BCUT2D eigenvalue weighted by Crippen LogP contribution is -2.59. The van der Waals surface area contributed by atoms with Crippen molar-refractivity contribution in [3.05, 3.63) is 47.0 Å². The molecule has 0 aromatic heterocycles. The van der Waals surface area contributed by atoms with Crippen molar-refractivity contribution >= 4 is 11.9 Å². The molecule has 5 rings (SSSR count). The maximum atomic E-state index is 14.0. The molecule has 2 aromatic rings. The van der Waals surface area contributed by atoms with Gasteiger partial charge in [0, 0.05) is 18.1 Å². The van der Waals surface area contributed by atoms with Gasteiger partial charge in [0.1, 0.15) is 5.41 Å². The molecule has 4 unspecified atom stereocenters. The first-order valence-electron chi connectivity index (χ1n) is 13.4. The maximum absolute atomic E-state index is 14.0. The van der Waals surface area contributed by atoms with Gasteiger partial charge < -0.3 is 33.2 Å². The van der Waals surface area contributed by atoms with Crippen molar-refractivity contribution in [2.45, 2.75) is 58.5 Å². The topological polar surface area (TPSA) is 98.8 Å². The lowest BCUT2D eigenvalue weighted by Gasteiger charge is -2.54. The average molecular weight is 541 g/mol. The fraction of sp³-hybridized carbons (Fsp3) is 0.533.